The monoisotopic (exact) mass is 354 g/mol. The van der Waals surface area contributed by atoms with E-state index in [1.54, 1.807) is 18.0 Å². The summed E-state index contributed by atoms with van der Waals surface area (Å²) in [6, 6.07) is 11.4. The summed E-state index contributed by atoms with van der Waals surface area (Å²) in [7, 11) is 3.45. The van der Waals surface area contributed by atoms with Crippen LogP contribution in [0.1, 0.15) is 15.9 Å². The van der Waals surface area contributed by atoms with Crippen LogP contribution in [0.3, 0.4) is 0 Å². The molecule has 0 aliphatic heterocycles. The molecule has 2 aromatic heterocycles. The molecule has 0 bridgehead atoms. The number of hydrogen-bond acceptors (Lipinski definition) is 4. The van der Waals surface area contributed by atoms with Crippen molar-refractivity contribution in [2.24, 2.45) is 7.05 Å². The topological polar surface area (TPSA) is 70.3 Å². The number of rotatable bonds is 8. The van der Waals surface area contributed by atoms with Crippen molar-refractivity contribution in [1.29, 1.82) is 0 Å². The second-order valence-corrected chi connectivity index (χ2v) is 5.77. The molecule has 0 atom stereocenters. The molecule has 3 aromatic rings. The third-order valence-electron chi connectivity index (χ3n) is 3.91. The predicted molar refractivity (Wildman–Crippen MR) is 97.5 cm³/mol. The number of carbonyl (C=O) groups is 1. The largest absolute Gasteiger partial charge is 0.491 e. The molecule has 1 N–H and O–H groups in total. The van der Waals surface area contributed by atoms with Gasteiger partial charge in [0.15, 0.2) is 0 Å². The lowest BCUT2D eigenvalue weighted by molar-refractivity contribution is 0.0950. The van der Waals surface area contributed by atoms with Gasteiger partial charge >= 0.3 is 0 Å². The Kier molecular flexibility index (Phi) is 5.70. The molecule has 0 unspecified atom stereocenters. The van der Waals surface area contributed by atoms with Crippen LogP contribution in [0, 0.1) is 0 Å². The fraction of sp³-hybridized carbons (Fsp3) is 0.263. The summed E-state index contributed by atoms with van der Waals surface area (Å²) in [5, 5.41) is 7.15. The van der Waals surface area contributed by atoms with E-state index in [1.807, 2.05) is 60.4 Å². The zero-order chi connectivity index (χ0) is 18.4. The Bertz CT molecular complexity index is 856. The Balaban J connectivity index is 1.66. The van der Waals surface area contributed by atoms with Gasteiger partial charge in [-0.05, 0) is 29.8 Å². The van der Waals surface area contributed by atoms with Crippen LogP contribution in [0.5, 0.6) is 5.75 Å². The van der Waals surface area contributed by atoms with Gasteiger partial charge in [-0.3, -0.25) is 9.48 Å². The summed E-state index contributed by atoms with van der Waals surface area (Å²) in [6.45, 7) is 1.42. The van der Waals surface area contributed by atoms with Crippen LogP contribution in [0.15, 0.2) is 55.0 Å². The zero-order valence-electron chi connectivity index (χ0n) is 14.9. The summed E-state index contributed by atoms with van der Waals surface area (Å²) < 4.78 is 14.1. The third kappa shape index (κ3) is 4.12. The number of ether oxygens (including phenoxy) is 2. The third-order valence-corrected chi connectivity index (χ3v) is 3.91. The number of benzene rings is 1. The number of aryl methyl sites for hydroxylation is 1. The molecule has 0 saturated heterocycles. The van der Waals surface area contributed by atoms with Crippen LogP contribution < -0.4 is 10.1 Å². The first-order valence-corrected chi connectivity index (χ1v) is 8.33. The van der Waals surface area contributed by atoms with Gasteiger partial charge < -0.3 is 19.4 Å². The summed E-state index contributed by atoms with van der Waals surface area (Å²) >= 11 is 0. The number of carbonyl (C=O) groups excluding carboxylic acids is 1. The van der Waals surface area contributed by atoms with Gasteiger partial charge in [0.2, 0.25) is 0 Å². The van der Waals surface area contributed by atoms with Gasteiger partial charge in [-0.15, -0.1) is 0 Å². The van der Waals surface area contributed by atoms with Crippen molar-refractivity contribution in [2.45, 2.75) is 6.54 Å². The molecule has 7 heteroatoms. The normalized spacial score (nSPS) is 10.7. The van der Waals surface area contributed by atoms with Crippen molar-refractivity contribution in [2.75, 3.05) is 20.3 Å². The highest BCUT2D eigenvalue weighted by Gasteiger charge is 2.17. The van der Waals surface area contributed by atoms with Crippen LogP contribution in [-0.2, 0) is 18.3 Å². The van der Waals surface area contributed by atoms with E-state index >= 15 is 0 Å². The number of hydrogen-bond donors (Lipinski definition) is 1. The van der Waals surface area contributed by atoms with Crippen LogP contribution in [0.25, 0.3) is 5.82 Å². The SMILES string of the molecule is COCCOc1cccc(CNC(=O)c2cnn(C)c2-n2cccc2)c1. The smallest absolute Gasteiger partial charge is 0.256 e. The van der Waals surface area contributed by atoms with Crippen LogP contribution in [-0.4, -0.2) is 40.6 Å². The Hall–Kier alpha value is -3.06. The molecular formula is C19H22N4O3. The van der Waals surface area contributed by atoms with Crippen molar-refractivity contribution >= 4 is 5.91 Å². The lowest BCUT2D eigenvalue weighted by atomic mass is 10.2. The molecule has 0 aliphatic carbocycles. The highest BCUT2D eigenvalue weighted by atomic mass is 16.5. The molecule has 0 aliphatic rings. The van der Waals surface area contributed by atoms with Gasteiger partial charge in [0, 0.05) is 33.1 Å². The first kappa shape index (κ1) is 17.8. The first-order chi connectivity index (χ1) is 12.7. The average molecular weight is 354 g/mol. The fourth-order valence-corrected chi connectivity index (χ4v) is 2.64. The molecule has 0 radical (unpaired) electrons. The van der Waals surface area contributed by atoms with E-state index in [0.29, 0.717) is 25.3 Å². The van der Waals surface area contributed by atoms with Crippen molar-refractivity contribution in [1.82, 2.24) is 19.7 Å². The number of methoxy groups -OCH3 is 1. The van der Waals surface area contributed by atoms with Crippen LogP contribution in [0.4, 0.5) is 0 Å². The van der Waals surface area contributed by atoms with E-state index in [4.69, 9.17) is 9.47 Å². The fourth-order valence-electron chi connectivity index (χ4n) is 2.64. The summed E-state index contributed by atoms with van der Waals surface area (Å²) in [5.41, 5.74) is 1.48. The maximum Gasteiger partial charge on any atom is 0.256 e. The quantitative estimate of drug-likeness (QED) is 0.630. The number of nitrogens with zero attached hydrogens (tertiary/aromatic N) is 3. The van der Waals surface area contributed by atoms with E-state index in [-0.39, 0.29) is 5.91 Å². The van der Waals surface area contributed by atoms with E-state index in [1.165, 1.54) is 0 Å². The predicted octanol–water partition coefficient (Wildman–Crippen LogP) is 2.17. The Morgan fingerprint density at radius 3 is 2.77 bits per heavy atom. The van der Waals surface area contributed by atoms with Crippen LogP contribution in [0.2, 0.25) is 0 Å². The molecule has 136 valence electrons. The van der Waals surface area contributed by atoms with Gasteiger partial charge in [0.05, 0.1) is 12.8 Å². The minimum atomic E-state index is -0.174. The molecule has 3 rings (SSSR count). The molecular weight excluding hydrogens is 332 g/mol. The second kappa shape index (κ2) is 8.35. The molecule has 0 spiro atoms. The number of amides is 1. The van der Waals surface area contributed by atoms with Gasteiger partial charge in [0.25, 0.3) is 5.91 Å². The molecule has 2 heterocycles. The van der Waals surface area contributed by atoms with Crippen molar-refractivity contribution in [3.05, 3.63) is 66.1 Å². The zero-order valence-corrected chi connectivity index (χ0v) is 14.9. The molecule has 26 heavy (non-hydrogen) atoms. The van der Waals surface area contributed by atoms with Gasteiger partial charge in [0.1, 0.15) is 23.7 Å². The Morgan fingerprint density at radius 1 is 1.19 bits per heavy atom. The van der Waals surface area contributed by atoms with Gasteiger partial charge in [-0.1, -0.05) is 12.1 Å². The Labute approximate surface area is 152 Å². The Morgan fingerprint density at radius 2 is 2.00 bits per heavy atom. The lowest BCUT2D eigenvalue weighted by Gasteiger charge is -2.10. The van der Waals surface area contributed by atoms with Crippen molar-refractivity contribution in [3.63, 3.8) is 0 Å². The van der Waals surface area contributed by atoms with Crippen molar-refractivity contribution in [3.8, 4) is 11.6 Å². The summed E-state index contributed by atoms with van der Waals surface area (Å²) in [5.74, 6) is 1.31. The van der Waals surface area contributed by atoms with E-state index in [9.17, 15) is 4.79 Å². The molecule has 7 nitrogen and oxygen atoms in total. The highest BCUT2D eigenvalue weighted by molar-refractivity contribution is 5.97. The molecule has 1 amide bonds. The maximum absolute atomic E-state index is 12.6. The standard InChI is InChI=1S/C19H22N4O3/c1-22-19(23-8-3-4-9-23)17(14-21-22)18(24)20-13-15-6-5-7-16(12-15)26-11-10-25-2/h3-9,12,14H,10-11,13H2,1-2H3,(H,20,24). The van der Waals surface area contributed by atoms with E-state index in [0.717, 1.165) is 17.1 Å². The lowest BCUT2D eigenvalue weighted by Crippen LogP contribution is -2.24. The average Bonchev–Trinajstić information content (AvgIpc) is 3.29. The minimum absolute atomic E-state index is 0.174. The van der Waals surface area contributed by atoms with Gasteiger partial charge in [-0.25, -0.2) is 0 Å². The molecule has 0 saturated carbocycles. The van der Waals surface area contributed by atoms with E-state index < -0.39 is 0 Å². The highest BCUT2D eigenvalue weighted by Crippen LogP contribution is 2.15. The number of nitrogens with one attached hydrogen (secondary N) is 1. The van der Waals surface area contributed by atoms with Crippen molar-refractivity contribution < 1.29 is 14.3 Å². The van der Waals surface area contributed by atoms with Gasteiger partial charge in [-0.2, -0.15) is 5.10 Å². The minimum Gasteiger partial charge on any atom is -0.491 e. The summed E-state index contributed by atoms with van der Waals surface area (Å²) in [6.07, 6.45) is 5.35. The number of aromatic nitrogens is 3. The van der Waals surface area contributed by atoms with E-state index in [2.05, 4.69) is 10.4 Å². The first-order valence-electron chi connectivity index (χ1n) is 8.33. The second-order valence-electron chi connectivity index (χ2n) is 5.77. The molecule has 1 aromatic carbocycles. The molecule has 0 fully saturated rings. The van der Waals surface area contributed by atoms with Crippen LogP contribution >= 0.6 is 0 Å². The maximum atomic E-state index is 12.6. The summed E-state index contributed by atoms with van der Waals surface area (Å²) in [4.78, 5) is 12.6.